The molecule has 0 bridgehead atoms. The number of pyridine rings is 1. The van der Waals surface area contributed by atoms with Crippen molar-refractivity contribution in [3.05, 3.63) is 60.5 Å². The van der Waals surface area contributed by atoms with E-state index < -0.39 is 0 Å². The highest BCUT2D eigenvalue weighted by atomic mass is 19.1. The summed E-state index contributed by atoms with van der Waals surface area (Å²) in [6.45, 7) is 0. The molecule has 0 aliphatic rings. The van der Waals surface area contributed by atoms with Crippen molar-refractivity contribution in [1.82, 2.24) is 4.98 Å². The molecule has 0 saturated heterocycles. The first-order chi connectivity index (χ1) is 8.75. The molecular formula is C15H11FN2. The third kappa shape index (κ3) is 1.70. The fourth-order valence-corrected chi connectivity index (χ4v) is 2.08. The SMILES string of the molecule is Nc1ccc(F)cc1-c1cccc2cccnc12. The quantitative estimate of drug-likeness (QED) is 0.657. The van der Waals surface area contributed by atoms with E-state index in [0.29, 0.717) is 11.3 Å². The van der Waals surface area contributed by atoms with Crippen molar-refractivity contribution >= 4 is 16.6 Å². The molecule has 2 nitrogen and oxygen atoms in total. The van der Waals surface area contributed by atoms with Crippen LogP contribution in [0.5, 0.6) is 0 Å². The third-order valence-electron chi connectivity index (χ3n) is 2.94. The molecule has 0 aliphatic carbocycles. The van der Waals surface area contributed by atoms with Gasteiger partial charge in [-0.1, -0.05) is 24.3 Å². The number of hydrogen-bond acceptors (Lipinski definition) is 2. The van der Waals surface area contributed by atoms with Crippen molar-refractivity contribution in [3.63, 3.8) is 0 Å². The monoisotopic (exact) mass is 238 g/mol. The van der Waals surface area contributed by atoms with E-state index in [1.165, 1.54) is 12.1 Å². The molecule has 3 heteroatoms. The minimum atomic E-state index is -0.299. The Kier molecular flexibility index (Phi) is 2.45. The summed E-state index contributed by atoms with van der Waals surface area (Å²) in [5, 5.41) is 1.01. The average Bonchev–Trinajstić information content (AvgIpc) is 2.41. The van der Waals surface area contributed by atoms with Gasteiger partial charge in [0, 0.05) is 28.4 Å². The number of rotatable bonds is 1. The van der Waals surface area contributed by atoms with Gasteiger partial charge in [-0.3, -0.25) is 4.98 Å². The Morgan fingerprint density at radius 1 is 0.944 bits per heavy atom. The summed E-state index contributed by atoms with van der Waals surface area (Å²) in [7, 11) is 0. The molecule has 0 radical (unpaired) electrons. The Labute approximate surface area is 104 Å². The summed E-state index contributed by atoms with van der Waals surface area (Å²) in [5.74, 6) is -0.299. The van der Waals surface area contributed by atoms with E-state index in [9.17, 15) is 4.39 Å². The number of anilines is 1. The predicted octanol–water partition coefficient (Wildman–Crippen LogP) is 3.62. The zero-order valence-corrected chi connectivity index (χ0v) is 9.60. The average molecular weight is 238 g/mol. The number of hydrogen-bond donors (Lipinski definition) is 1. The Bertz CT molecular complexity index is 717. The molecule has 0 amide bonds. The lowest BCUT2D eigenvalue weighted by Crippen LogP contribution is -1.92. The van der Waals surface area contributed by atoms with E-state index in [1.54, 1.807) is 12.3 Å². The van der Waals surface area contributed by atoms with Crippen LogP contribution in [0.1, 0.15) is 0 Å². The highest BCUT2D eigenvalue weighted by Gasteiger charge is 2.08. The van der Waals surface area contributed by atoms with E-state index in [-0.39, 0.29) is 5.82 Å². The van der Waals surface area contributed by atoms with Crippen molar-refractivity contribution in [2.24, 2.45) is 0 Å². The van der Waals surface area contributed by atoms with E-state index in [0.717, 1.165) is 16.5 Å². The van der Waals surface area contributed by atoms with Gasteiger partial charge in [-0.05, 0) is 24.3 Å². The molecule has 2 N–H and O–H groups in total. The highest BCUT2D eigenvalue weighted by Crippen LogP contribution is 2.31. The molecule has 2 aromatic carbocycles. The van der Waals surface area contributed by atoms with Gasteiger partial charge in [0.25, 0.3) is 0 Å². The maximum absolute atomic E-state index is 13.4. The number of nitrogen functional groups attached to an aromatic ring is 1. The largest absolute Gasteiger partial charge is 0.398 e. The molecule has 3 aromatic rings. The molecule has 3 rings (SSSR count). The Morgan fingerprint density at radius 3 is 2.67 bits per heavy atom. The summed E-state index contributed by atoms with van der Waals surface area (Å²) in [6, 6.07) is 14.0. The summed E-state index contributed by atoms with van der Waals surface area (Å²) >= 11 is 0. The van der Waals surface area contributed by atoms with Crippen LogP contribution in [0.4, 0.5) is 10.1 Å². The van der Waals surface area contributed by atoms with Gasteiger partial charge < -0.3 is 5.73 Å². The van der Waals surface area contributed by atoms with Gasteiger partial charge in [-0.15, -0.1) is 0 Å². The lowest BCUT2D eigenvalue weighted by molar-refractivity contribution is 0.628. The van der Waals surface area contributed by atoms with Gasteiger partial charge in [0.1, 0.15) is 5.82 Å². The normalized spacial score (nSPS) is 10.7. The van der Waals surface area contributed by atoms with Crippen LogP contribution in [-0.4, -0.2) is 4.98 Å². The summed E-state index contributed by atoms with van der Waals surface area (Å²) in [6.07, 6.45) is 1.72. The molecule has 1 heterocycles. The Morgan fingerprint density at radius 2 is 1.78 bits per heavy atom. The minimum absolute atomic E-state index is 0.299. The molecule has 0 unspecified atom stereocenters. The van der Waals surface area contributed by atoms with Crippen LogP contribution in [0.2, 0.25) is 0 Å². The molecule has 1 aromatic heterocycles. The number of benzene rings is 2. The van der Waals surface area contributed by atoms with Crippen LogP contribution in [0.15, 0.2) is 54.7 Å². The number of nitrogens with zero attached hydrogens (tertiary/aromatic N) is 1. The number of nitrogens with two attached hydrogens (primary N) is 1. The van der Waals surface area contributed by atoms with Crippen LogP contribution in [0, 0.1) is 5.82 Å². The van der Waals surface area contributed by atoms with Crippen molar-refractivity contribution in [3.8, 4) is 11.1 Å². The molecule has 0 saturated carbocycles. The number of fused-ring (bicyclic) bond motifs is 1. The smallest absolute Gasteiger partial charge is 0.123 e. The van der Waals surface area contributed by atoms with Crippen molar-refractivity contribution in [2.75, 3.05) is 5.73 Å². The minimum Gasteiger partial charge on any atom is -0.398 e. The Hall–Kier alpha value is -2.42. The van der Waals surface area contributed by atoms with Crippen molar-refractivity contribution < 1.29 is 4.39 Å². The second kappa shape index (κ2) is 4.11. The lowest BCUT2D eigenvalue weighted by Gasteiger charge is -2.08. The fraction of sp³-hybridized carbons (Fsp3) is 0. The fourth-order valence-electron chi connectivity index (χ4n) is 2.08. The predicted molar refractivity (Wildman–Crippen MR) is 71.5 cm³/mol. The number of aromatic nitrogens is 1. The molecule has 0 fully saturated rings. The zero-order valence-electron chi connectivity index (χ0n) is 9.60. The first-order valence-corrected chi connectivity index (χ1v) is 5.65. The van der Waals surface area contributed by atoms with Crippen LogP contribution in [-0.2, 0) is 0 Å². The van der Waals surface area contributed by atoms with Crippen LogP contribution < -0.4 is 5.73 Å². The lowest BCUT2D eigenvalue weighted by atomic mass is 10.0. The van der Waals surface area contributed by atoms with E-state index >= 15 is 0 Å². The molecule has 0 spiro atoms. The van der Waals surface area contributed by atoms with Gasteiger partial charge in [0.15, 0.2) is 0 Å². The topological polar surface area (TPSA) is 38.9 Å². The van der Waals surface area contributed by atoms with Gasteiger partial charge in [0.05, 0.1) is 5.52 Å². The summed E-state index contributed by atoms with van der Waals surface area (Å²) in [4.78, 5) is 4.35. The first-order valence-electron chi connectivity index (χ1n) is 5.65. The van der Waals surface area contributed by atoms with Gasteiger partial charge >= 0.3 is 0 Å². The molecule has 0 aliphatic heterocycles. The maximum Gasteiger partial charge on any atom is 0.123 e. The number of para-hydroxylation sites is 1. The van der Waals surface area contributed by atoms with Gasteiger partial charge in [-0.2, -0.15) is 0 Å². The van der Waals surface area contributed by atoms with Crippen molar-refractivity contribution in [1.29, 1.82) is 0 Å². The van der Waals surface area contributed by atoms with Gasteiger partial charge in [-0.25, -0.2) is 4.39 Å². The molecule has 18 heavy (non-hydrogen) atoms. The molecular weight excluding hydrogens is 227 g/mol. The number of halogens is 1. The highest BCUT2D eigenvalue weighted by molar-refractivity contribution is 5.96. The van der Waals surface area contributed by atoms with Crippen molar-refractivity contribution in [2.45, 2.75) is 0 Å². The van der Waals surface area contributed by atoms with Crippen LogP contribution in [0.25, 0.3) is 22.0 Å². The summed E-state index contributed by atoms with van der Waals surface area (Å²) < 4.78 is 13.4. The van der Waals surface area contributed by atoms with E-state index in [2.05, 4.69) is 4.98 Å². The first kappa shape index (κ1) is 10.7. The second-order valence-corrected chi connectivity index (χ2v) is 4.11. The third-order valence-corrected chi connectivity index (χ3v) is 2.94. The zero-order chi connectivity index (χ0) is 12.5. The van der Waals surface area contributed by atoms with Crippen LogP contribution >= 0.6 is 0 Å². The summed E-state index contributed by atoms with van der Waals surface area (Å²) in [5.41, 5.74) is 8.83. The molecule has 0 atom stereocenters. The Balaban J connectivity index is 2.35. The molecule has 88 valence electrons. The van der Waals surface area contributed by atoms with E-state index in [1.807, 2.05) is 30.3 Å². The maximum atomic E-state index is 13.4. The van der Waals surface area contributed by atoms with Gasteiger partial charge in [0.2, 0.25) is 0 Å². The van der Waals surface area contributed by atoms with E-state index in [4.69, 9.17) is 5.73 Å². The second-order valence-electron chi connectivity index (χ2n) is 4.11. The standard InChI is InChI=1S/C15H11FN2/c16-11-6-7-14(17)13(9-11)12-5-1-3-10-4-2-8-18-15(10)12/h1-9H,17H2. The van der Waals surface area contributed by atoms with Crippen LogP contribution in [0.3, 0.4) is 0 Å².